The van der Waals surface area contributed by atoms with Crippen LogP contribution in [0.3, 0.4) is 0 Å². The molecule has 1 N–H and O–H groups in total. The van der Waals surface area contributed by atoms with Gasteiger partial charge in [-0.1, -0.05) is 0 Å². The fraction of sp³-hybridized carbons (Fsp3) is 0.700. The molecular formula is C20H30N2O5S. The van der Waals surface area contributed by atoms with E-state index in [1.165, 1.54) is 11.3 Å². The molecule has 0 spiro atoms. The van der Waals surface area contributed by atoms with Crippen molar-refractivity contribution in [2.75, 3.05) is 44.8 Å². The van der Waals surface area contributed by atoms with Crippen molar-refractivity contribution >= 4 is 28.9 Å². The van der Waals surface area contributed by atoms with E-state index in [1.807, 2.05) is 13.8 Å². The number of hydrogen-bond donors (Lipinski definition) is 1. The van der Waals surface area contributed by atoms with Crippen LogP contribution in [0.1, 0.15) is 53.7 Å². The van der Waals surface area contributed by atoms with Gasteiger partial charge in [0.2, 0.25) is 5.91 Å². The number of carbonyl (C=O) groups excluding carboxylic acids is 2. The lowest BCUT2D eigenvalue weighted by atomic mass is 9.94. The molecule has 0 saturated carbocycles. The smallest absolute Gasteiger partial charge is 0.350 e. The van der Waals surface area contributed by atoms with E-state index in [4.69, 9.17) is 14.2 Å². The number of fused-ring (bicyclic) bond motifs is 1. The minimum absolute atomic E-state index is 0.0660. The molecule has 1 fully saturated rings. The lowest BCUT2D eigenvalue weighted by molar-refractivity contribution is -0.116. The van der Waals surface area contributed by atoms with E-state index in [0.29, 0.717) is 36.6 Å². The van der Waals surface area contributed by atoms with Gasteiger partial charge in [0.15, 0.2) is 0 Å². The number of rotatable bonds is 7. The summed E-state index contributed by atoms with van der Waals surface area (Å²) in [5, 5.41) is 3.01. The average molecular weight is 411 g/mol. The Hall–Kier alpha value is -1.48. The molecule has 3 rings (SSSR count). The predicted molar refractivity (Wildman–Crippen MR) is 108 cm³/mol. The van der Waals surface area contributed by atoms with Gasteiger partial charge in [0, 0.05) is 30.8 Å². The van der Waals surface area contributed by atoms with Crippen LogP contribution in [0.25, 0.3) is 0 Å². The second-order valence-electron chi connectivity index (χ2n) is 7.76. The van der Waals surface area contributed by atoms with E-state index < -0.39 is 0 Å². The number of morpholine rings is 1. The van der Waals surface area contributed by atoms with Crippen LogP contribution >= 0.6 is 11.3 Å². The van der Waals surface area contributed by atoms with Crippen LogP contribution in [0.4, 0.5) is 5.69 Å². The van der Waals surface area contributed by atoms with E-state index in [-0.39, 0.29) is 17.5 Å². The van der Waals surface area contributed by atoms with E-state index >= 15 is 0 Å². The molecule has 8 heteroatoms. The largest absolute Gasteiger partial charge is 0.462 e. The Kier molecular flexibility index (Phi) is 7.09. The maximum Gasteiger partial charge on any atom is 0.350 e. The van der Waals surface area contributed by atoms with E-state index in [1.54, 1.807) is 6.92 Å². The summed E-state index contributed by atoms with van der Waals surface area (Å²) in [4.78, 5) is 28.8. The van der Waals surface area contributed by atoms with Crippen LogP contribution in [-0.2, 0) is 32.0 Å². The number of ether oxygens (including phenoxy) is 3. The van der Waals surface area contributed by atoms with Crippen molar-refractivity contribution in [3.8, 4) is 0 Å². The van der Waals surface area contributed by atoms with E-state index in [0.717, 1.165) is 49.7 Å². The summed E-state index contributed by atoms with van der Waals surface area (Å²) >= 11 is 1.36. The topological polar surface area (TPSA) is 77.1 Å². The lowest BCUT2D eigenvalue weighted by Gasteiger charge is -2.30. The Morgan fingerprint density at radius 2 is 2.04 bits per heavy atom. The first-order valence-electron chi connectivity index (χ1n) is 9.95. The molecule has 0 atom stereocenters. The van der Waals surface area contributed by atoms with Gasteiger partial charge < -0.3 is 19.5 Å². The maximum atomic E-state index is 12.6. The highest BCUT2D eigenvalue weighted by atomic mass is 32.1. The van der Waals surface area contributed by atoms with Crippen molar-refractivity contribution in [2.45, 2.75) is 52.2 Å². The quantitative estimate of drug-likeness (QED) is 0.697. The Bertz CT molecular complexity index is 710. The zero-order chi connectivity index (χ0) is 20.1. The third-order valence-electron chi connectivity index (χ3n) is 4.99. The molecule has 2 aliphatic heterocycles. The van der Waals surface area contributed by atoms with Crippen molar-refractivity contribution < 1.29 is 23.8 Å². The summed E-state index contributed by atoms with van der Waals surface area (Å²) < 4.78 is 16.4. The number of hydrogen-bond acceptors (Lipinski definition) is 7. The van der Waals surface area contributed by atoms with E-state index in [2.05, 4.69) is 10.2 Å². The number of amides is 1. The summed E-state index contributed by atoms with van der Waals surface area (Å²) in [6.45, 7) is 10.8. The summed E-state index contributed by atoms with van der Waals surface area (Å²) in [6.07, 6.45) is 1.85. The first kappa shape index (κ1) is 21.2. The van der Waals surface area contributed by atoms with Crippen molar-refractivity contribution in [3.05, 3.63) is 15.3 Å². The summed E-state index contributed by atoms with van der Waals surface area (Å²) in [7, 11) is 0. The first-order valence-corrected chi connectivity index (χ1v) is 10.8. The van der Waals surface area contributed by atoms with E-state index in [9.17, 15) is 9.59 Å². The fourth-order valence-corrected chi connectivity index (χ4v) is 4.60. The Balaban J connectivity index is 1.67. The van der Waals surface area contributed by atoms with Gasteiger partial charge in [-0.25, -0.2) is 4.79 Å². The molecule has 1 aromatic rings. The highest BCUT2D eigenvalue weighted by molar-refractivity contribution is 7.14. The van der Waals surface area contributed by atoms with Crippen LogP contribution in [-0.4, -0.2) is 61.8 Å². The normalized spacial score (nSPS) is 19.1. The molecule has 28 heavy (non-hydrogen) atoms. The predicted octanol–water partition coefficient (Wildman–Crippen LogP) is 2.83. The monoisotopic (exact) mass is 410 g/mol. The van der Waals surface area contributed by atoms with Gasteiger partial charge in [-0.2, -0.15) is 0 Å². The van der Waals surface area contributed by atoms with Crippen LogP contribution in [0.5, 0.6) is 0 Å². The molecule has 3 heterocycles. The van der Waals surface area contributed by atoms with Crippen LogP contribution in [0.2, 0.25) is 0 Å². The van der Waals surface area contributed by atoms with Gasteiger partial charge >= 0.3 is 5.97 Å². The second kappa shape index (κ2) is 9.35. The molecule has 156 valence electrons. The molecule has 1 saturated heterocycles. The van der Waals surface area contributed by atoms with Crippen LogP contribution < -0.4 is 5.32 Å². The Morgan fingerprint density at radius 1 is 1.29 bits per heavy atom. The first-order chi connectivity index (χ1) is 13.4. The standard InChI is InChI=1S/C20H30N2O5S/c1-4-26-19(24)18-17(14-12-20(2,3)27-13-15(14)28-18)21-16(23)6-5-7-22-8-10-25-11-9-22/h4-13H2,1-3H3,(H,21,23). The number of nitrogens with zero attached hydrogens (tertiary/aromatic N) is 1. The maximum absolute atomic E-state index is 12.6. The number of esters is 1. The molecule has 1 amide bonds. The Morgan fingerprint density at radius 3 is 2.75 bits per heavy atom. The van der Waals surface area contributed by atoms with Gasteiger partial charge in [0.1, 0.15) is 4.88 Å². The molecule has 0 aromatic carbocycles. The average Bonchev–Trinajstić information content (AvgIpc) is 2.99. The zero-order valence-electron chi connectivity index (χ0n) is 17.0. The van der Waals surface area contributed by atoms with Gasteiger partial charge in [-0.3, -0.25) is 9.69 Å². The zero-order valence-corrected chi connectivity index (χ0v) is 17.8. The number of carbonyl (C=O) groups is 2. The summed E-state index contributed by atoms with van der Waals surface area (Å²) in [5.74, 6) is -0.452. The van der Waals surface area contributed by atoms with Crippen molar-refractivity contribution in [1.82, 2.24) is 4.90 Å². The second-order valence-corrected chi connectivity index (χ2v) is 8.86. The molecule has 2 aliphatic rings. The van der Waals surface area contributed by atoms with Crippen molar-refractivity contribution in [1.29, 1.82) is 0 Å². The van der Waals surface area contributed by atoms with Gasteiger partial charge in [-0.15, -0.1) is 11.3 Å². The third kappa shape index (κ3) is 5.31. The molecule has 0 bridgehead atoms. The SMILES string of the molecule is CCOC(=O)c1sc2c(c1NC(=O)CCCN1CCOCC1)CC(C)(C)OC2. The van der Waals surface area contributed by atoms with Gasteiger partial charge in [0.25, 0.3) is 0 Å². The molecule has 0 unspecified atom stereocenters. The minimum Gasteiger partial charge on any atom is -0.462 e. The Labute approximate surface area is 170 Å². The third-order valence-corrected chi connectivity index (χ3v) is 6.18. The van der Waals surface area contributed by atoms with Crippen LogP contribution in [0, 0.1) is 0 Å². The van der Waals surface area contributed by atoms with Crippen molar-refractivity contribution in [3.63, 3.8) is 0 Å². The highest BCUT2D eigenvalue weighted by Crippen LogP contribution is 2.41. The molecular weight excluding hydrogens is 380 g/mol. The minimum atomic E-state index is -0.386. The summed E-state index contributed by atoms with van der Waals surface area (Å²) in [6, 6.07) is 0. The molecule has 0 aliphatic carbocycles. The highest BCUT2D eigenvalue weighted by Gasteiger charge is 2.33. The van der Waals surface area contributed by atoms with Crippen LogP contribution in [0.15, 0.2) is 0 Å². The number of thiophene rings is 1. The fourth-order valence-electron chi connectivity index (χ4n) is 3.52. The van der Waals surface area contributed by atoms with Gasteiger partial charge in [-0.05, 0) is 39.3 Å². The molecule has 1 aromatic heterocycles. The van der Waals surface area contributed by atoms with Crippen molar-refractivity contribution in [2.24, 2.45) is 0 Å². The number of anilines is 1. The number of nitrogens with one attached hydrogen (secondary N) is 1. The van der Waals surface area contributed by atoms with Gasteiger partial charge in [0.05, 0.1) is 37.7 Å². The molecule has 0 radical (unpaired) electrons. The molecule has 7 nitrogen and oxygen atoms in total. The lowest BCUT2D eigenvalue weighted by Crippen LogP contribution is -2.37. The summed E-state index contributed by atoms with van der Waals surface area (Å²) in [5.41, 5.74) is 1.30.